The number of rotatable bonds is 4. The number of halogens is 4. The number of benzene rings is 2. The van der Waals surface area contributed by atoms with Gasteiger partial charge in [0, 0.05) is 35.8 Å². The number of hydrazone groups is 1. The van der Waals surface area contributed by atoms with Gasteiger partial charge in [-0.25, -0.2) is 4.98 Å². The van der Waals surface area contributed by atoms with E-state index in [1.165, 1.54) is 4.90 Å². The highest BCUT2D eigenvalue weighted by molar-refractivity contribution is 6.30. The summed E-state index contributed by atoms with van der Waals surface area (Å²) in [6, 6.07) is 16.0. The molecule has 0 spiro atoms. The third-order valence-corrected chi connectivity index (χ3v) is 4.55. The fourth-order valence-electron chi connectivity index (χ4n) is 2.78. The van der Waals surface area contributed by atoms with Crippen molar-refractivity contribution < 1.29 is 13.2 Å². The molecule has 1 heterocycles. The molecule has 29 heavy (non-hydrogen) atoms. The minimum Gasteiger partial charge on any atom is -0.363 e. The molecule has 2 N–H and O–H groups in total. The maximum absolute atomic E-state index is 13.3. The van der Waals surface area contributed by atoms with Crippen molar-refractivity contribution in [3.8, 4) is 11.3 Å². The second-order valence-electron chi connectivity index (χ2n) is 6.55. The highest BCUT2D eigenvalue weighted by Crippen LogP contribution is 2.34. The Morgan fingerprint density at radius 3 is 2.00 bits per heavy atom. The lowest BCUT2D eigenvalue weighted by Crippen LogP contribution is -2.14. The number of anilines is 1. The molecule has 0 aliphatic rings. The van der Waals surface area contributed by atoms with Crippen LogP contribution in [-0.2, 0) is 6.18 Å². The second-order valence-corrected chi connectivity index (χ2v) is 6.99. The zero-order valence-electron chi connectivity index (χ0n) is 15.7. The number of pyridine rings is 1. The largest absolute Gasteiger partial charge is 0.416 e. The summed E-state index contributed by atoms with van der Waals surface area (Å²) in [5.74, 6) is 5.78. The van der Waals surface area contributed by atoms with Crippen LogP contribution in [0.3, 0.4) is 0 Å². The van der Waals surface area contributed by atoms with E-state index in [9.17, 15) is 13.2 Å². The molecular weight excluding hydrogens is 401 g/mol. The number of nitrogens with two attached hydrogens (primary N) is 1. The molecule has 0 fully saturated rings. The standard InChI is InChI=1S/C21H18ClF3N4/c1-29(2)19-12-16(21(23,24)25)11-18(27-19)13-3-5-14(6-4-13)20(28-26)15-7-9-17(22)10-8-15/h3-12H,26H2,1-2H3. The van der Waals surface area contributed by atoms with E-state index in [0.29, 0.717) is 16.3 Å². The van der Waals surface area contributed by atoms with Crippen LogP contribution < -0.4 is 10.7 Å². The van der Waals surface area contributed by atoms with Gasteiger partial charge in [0.25, 0.3) is 0 Å². The van der Waals surface area contributed by atoms with E-state index >= 15 is 0 Å². The zero-order chi connectivity index (χ0) is 21.2. The van der Waals surface area contributed by atoms with Crippen LogP contribution in [0.15, 0.2) is 65.8 Å². The normalized spacial score (nSPS) is 12.1. The highest BCUT2D eigenvalue weighted by atomic mass is 35.5. The number of nitrogens with zero attached hydrogens (tertiary/aromatic N) is 3. The van der Waals surface area contributed by atoms with Crippen LogP contribution >= 0.6 is 11.6 Å². The monoisotopic (exact) mass is 418 g/mol. The number of alkyl halides is 3. The molecule has 0 saturated heterocycles. The van der Waals surface area contributed by atoms with Crippen LogP contribution in [0.1, 0.15) is 16.7 Å². The predicted octanol–water partition coefficient (Wildman–Crippen LogP) is 5.20. The first kappa shape index (κ1) is 20.7. The lowest BCUT2D eigenvalue weighted by Gasteiger charge is -2.16. The van der Waals surface area contributed by atoms with Gasteiger partial charge in [0.2, 0.25) is 0 Å². The van der Waals surface area contributed by atoms with Crippen molar-refractivity contribution in [2.24, 2.45) is 10.9 Å². The van der Waals surface area contributed by atoms with Gasteiger partial charge < -0.3 is 10.7 Å². The smallest absolute Gasteiger partial charge is 0.363 e. The first-order valence-corrected chi connectivity index (χ1v) is 8.98. The Morgan fingerprint density at radius 2 is 1.52 bits per heavy atom. The third-order valence-electron chi connectivity index (χ3n) is 4.30. The van der Waals surface area contributed by atoms with Crippen LogP contribution in [0.4, 0.5) is 19.0 Å². The minimum atomic E-state index is -4.46. The molecule has 2 aromatic carbocycles. The molecule has 0 aliphatic carbocycles. The molecule has 3 rings (SSSR count). The average Bonchev–Trinajstić information content (AvgIpc) is 2.69. The molecule has 0 aliphatic heterocycles. The van der Waals surface area contributed by atoms with Gasteiger partial charge in [-0.3, -0.25) is 0 Å². The molecule has 0 bridgehead atoms. The quantitative estimate of drug-likeness (QED) is 0.360. The van der Waals surface area contributed by atoms with Gasteiger partial charge in [-0.05, 0) is 24.3 Å². The fourth-order valence-corrected chi connectivity index (χ4v) is 2.90. The molecule has 4 nitrogen and oxygen atoms in total. The van der Waals surface area contributed by atoms with Crippen LogP contribution in [0.25, 0.3) is 11.3 Å². The lowest BCUT2D eigenvalue weighted by molar-refractivity contribution is -0.137. The zero-order valence-corrected chi connectivity index (χ0v) is 16.5. The van der Waals surface area contributed by atoms with Gasteiger partial charge in [-0.15, -0.1) is 0 Å². The van der Waals surface area contributed by atoms with Gasteiger partial charge in [0.1, 0.15) is 5.82 Å². The van der Waals surface area contributed by atoms with Crippen molar-refractivity contribution in [2.45, 2.75) is 6.18 Å². The Labute approximate surface area is 171 Å². The van der Waals surface area contributed by atoms with Crippen molar-refractivity contribution in [3.63, 3.8) is 0 Å². The van der Waals surface area contributed by atoms with Crippen molar-refractivity contribution >= 4 is 23.1 Å². The summed E-state index contributed by atoms with van der Waals surface area (Å²) in [6.45, 7) is 0. The van der Waals surface area contributed by atoms with Gasteiger partial charge in [-0.1, -0.05) is 48.0 Å². The Kier molecular flexibility index (Phi) is 5.79. The van der Waals surface area contributed by atoms with Crippen molar-refractivity contribution in [3.05, 3.63) is 82.4 Å². The molecule has 1 aromatic heterocycles. The number of hydrogen-bond donors (Lipinski definition) is 1. The number of hydrogen-bond acceptors (Lipinski definition) is 4. The number of aromatic nitrogens is 1. The van der Waals surface area contributed by atoms with E-state index in [4.69, 9.17) is 17.4 Å². The van der Waals surface area contributed by atoms with E-state index in [2.05, 4.69) is 10.1 Å². The predicted molar refractivity (Wildman–Crippen MR) is 110 cm³/mol. The molecule has 0 radical (unpaired) electrons. The van der Waals surface area contributed by atoms with E-state index in [0.717, 1.165) is 23.3 Å². The molecule has 150 valence electrons. The van der Waals surface area contributed by atoms with Crippen LogP contribution in [0.2, 0.25) is 5.02 Å². The maximum Gasteiger partial charge on any atom is 0.416 e. The van der Waals surface area contributed by atoms with E-state index < -0.39 is 11.7 Å². The minimum absolute atomic E-state index is 0.226. The Balaban J connectivity index is 2.00. The third kappa shape index (κ3) is 4.68. The molecule has 8 heteroatoms. The average molecular weight is 419 g/mol. The summed E-state index contributed by atoms with van der Waals surface area (Å²) in [5, 5.41) is 4.44. The highest BCUT2D eigenvalue weighted by Gasteiger charge is 2.32. The SMILES string of the molecule is CN(C)c1cc(C(F)(F)F)cc(-c2ccc(C(=NN)c3ccc(Cl)cc3)cc2)n1. The van der Waals surface area contributed by atoms with E-state index in [1.54, 1.807) is 62.6 Å². The molecule has 0 saturated carbocycles. The summed E-state index contributed by atoms with van der Waals surface area (Å²) in [4.78, 5) is 5.87. The summed E-state index contributed by atoms with van der Waals surface area (Å²) in [6.07, 6.45) is -4.46. The Hall–Kier alpha value is -3.06. The van der Waals surface area contributed by atoms with Crippen LogP contribution in [0, 0.1) is 0 Å². The summed E-state index contributed by atoms with van der Waals surface area (Å²) < 4.78 is 39.8. The maximum atomic E-state index is 13.3. The van der Waals surface area contributed by atoms with Gasteiger partial charge in [0.15, 0.2) is 0 Å². The topological polar surface area (TPSA) is 54.5 Å². The Bertz CT molecular complexity index is 1030. The van der Waals surface area contributed by atoms with Crippen LogP contribution in [-0.4, -0.2) is 24.8 Å². The van der Waals surface area contributed by atoms with E-state index in [-0.39, 0.29) is 11.5 Å². The molecule has 0 amide bonds. The molecule has 3 aromatic rings. The Morgan fingerprint density at radius 1 is 0.966 bits per heavy atom. The molecule has 0 unspecified atom stereocenters. The lowest BCUT2D eigenvalue weighted by atomic mass is 10.00. The second kappa shape index (κ2) is 8.13. The van der Waals surface area contributed by atoms with Gasteiger partial charge >= 0.3 is 6.18 Å². The van der Waals surface area contributed by atoms with Crippen molar-refractivity contribution in [1.82, 2.24) is 4.98 Å². The molecule has 0 atom stereocenters. The summed E-state index contributed by atoms with van der Waals surface area (Å²) in [5.41, 5.74) is 2.07. The van der Waals surface area contributed by atoms with Crippen LogP contribution in [0.5, 0.6) is 0 Å². The summed E-state index contributed by atoms with van der Waals surface area (Å²) >= 11 is 5.91. The van der Waals surface area contributed by atoms with Crippen molar-refractivity contribution in [2.75, 3.05) is 19.0 Å². The van der Waals surface area contributed by atoms with Gasteiger partial charge in [0.05, 0.1) is 17.0 Å². The van der Waals surface area contributed by atoms with Crippen molar-refractivity contribution in [1.29, 1.82) is 0 Å². The fraction of sp³-hybridized carbons (Fsp3) is 0.143. The first-order chi connectivity index (χ1) is 13.7. The summed E-state index contributed by atoms with van der Waals surface area (Å²) in [7, 11) is 3.29. The first-order valence-electron chi connectivity index (χ1n) is 8.60. The van der Waals surface area contributed by atoms with E-state index in [1.807, 2.05) is 0 Å². The van der Waals surface area contributed by atoms with Gasteiger partial charge in [-0.2, -0.15) is 18.3 Å². The molecular formula is C21H18ClF3N4.